The third-order valence-corrected chi connectivity index (χ3v) is 6.20. The van der Waals surface area contributed by atoms with Crippen molar-refractivity contribution in [2.24, 2.45) is 0 Å². The Morgan fingerprint density at radius 3 is 3.00 bits per heavy atom. The molecule has 108 valence electrons. The van der Waals surface area contributed by atoms with E-state index in [1.165, 1.54) is 6.20 Å². The second kappa shape index (κ2) is 5.82. The van der Waals surface area contributed by atoms with Gasteiger partial charge in [0.2, 0.25) is 0 Å². The first-order valence-electron chi connectivity index (χ1n) is 6.27. The molecule has 2 heterocycles. The molecule has 8 heteroatoms. The highest BCUT2D eigenvalue weighted by Gasteiger charge is 2.32. The molecular formula is C11H20N4O2S2. The van der Waals surface area contributed by atoms with Crippen molar-refractivity contribution in [3.8, 4) is 0 Å². The van der Waals surface area contributed by atoms with Crippen LogP contribution in [0.3, 0.4) is 0 Å². The van der Waals surface area contributed by atoms with Gasteiger partial charge in [0.15, 0.2) is 5.03 Å². The summed E-state index contributed by atoms with van der Waals surface area (Å²) >= 11 is 1.83. The lowest BCUT2D eigenvalue weighted by Gasteiger charge is -2.22. The molecule has 1 aromatic heterocycles. The summed E-state index contributed by atoms with van der Waals surface area (Å²) < 4.78 is 27.2. The minimum atomic E-state index is -3.52. The number of nitrogens with one attached hydrogen (secondary N) is 3. The number of nitrogens with zero attached hydrogens (tertiary/aromatic N) is 1. The van der Waals surface area contributed by atoms with E-state index in [0.717, 1.165) is 18.6 Å². The van der Waals surface area contributed by atoms with Gasteiger partial charge in [0.25, 0.3) is 10.0 Å². The second-order valence-electron chi connectivity index (χ2n) is 4.98. The highest BCUT2D eigenvalue weighted by Crippen LogP contribution is 2.37. The highest BCUT2D eigenvalue weighted by atomic mass is 32.2. The molecule has 0 saturated carbocycles. The average Bonchev–Trinajstić information content (AvgIpc) is 2.98. The van der Waals surface area contributed by atoms with Crippen LogP contribution in [-0.2, 0) is 16.6 Å². The van der Waals surface area contributed by atoms with Gasteiger partial charge < -0.3 is 5.32 Å². The predicted octanol–water partition coefficient (Wildman–Crippen LogP) is 0.693. The molecule has 0 aromatic carbocycles. The minimum absolute atomic E-state index is 0.0102. The van der Waals surface area contributed by atoms with Gasteiger partial charge in [-0.15, -0.1) is 0 Å². The molecule has 19 heavy (non-hydrogen) atoms. The standard InChI is InChI=1S/C11H20N4O2S2/c1-11(4-3-5-18-11)8-14-19(16,17)10-9(6-12-2)7-13-15-10/h7,12,14H,3-6,8H2,1-2H3,(H,13,15). The number of rotatable bonds is 6. The summed E-state index contributed by atoms with van der Waals surface area (Å²) in [5.41, 5.74) is 0.652. The molecule has 1 fully saturated rings. The number of aromatic nitrogens is 2. The van der Waals surface area contributed by atoms with Crippen LogP contribution >= 0.6 is 11.8 Å². The molecule has 0 aliphatic carbocycles. The molecule has 1 aliphatic rings. The Morgan fingerprint density at radius 2 is 2.37 bits per heavy atom. The topological polar surface area (TPSA) is 86.9 Å². The number of hydrogen-bond donors (Lipinski definition) is 3. The van der Waals surface area contributed by atoms with Gasteiger partial charge >= 0.3 is 0 Å². The van der Waals surface area contributed by atoms with Crippen LogP contribution in [0.15, 0.2) is 11.2 Å². The van der Waals surface area contributed by atoms with Crippen LogP contribution in [-0.4, -0.2) is 42.7 Å². The van der Waals surface area contributed by atoms with Crippen molar-refractivity contribution in [1.29, 1.82) is 0 Å². The lowest BCUT2D eigenvalue weighted by Crippen LogP contribution is -2.37. The lowest BCUT2D eigenvalue weighted by molar-refractivity contribution is 0.548. The summed E-state index contributed by atoms with van der Waals surface area (Å²) in [5.74, 6) is 1.10. The Hall–Kier alpha value is -0.570. The Balaban J connectivity index is 2.07. The number of sulfonamides is 1. The van der Waals surface area contributed by atoms with Gasteiger partial charge in [0.1, 0.15) is 0 Å². The molecule has 6 nitrogen and oxygen atoms in total. The van der Waals surface area contributed by atoms with E-state index in [2.05, 4.69) is 27.2 Å². The monoisotopic (exact) mass is 304 g/mol. The summed E-state index contributed by atoms with van der Waals surface area (Å²) in [6.07, 6.45) is 3.74. The summed E-state index contributed by atoms with van der Waals surface area (Å²) in [7, 11) is -1.75. The molecule has 1 atom stereocenters. The maximum absolute atomic E-state index is 12.3. The summed E-state index contributed by atoms with van der Waals surface area (Å²) in [6, 6.07) is 0. The fourth-order valence-electron chi connectivity index (χ4n) is 2.14. The molecular weight excluding hydrogens is 284 g/mol. The van der Waals surface area contributed by atoms with Crippen LogP contribution in [0.4, 0.5) is 0 Å². The van der Waals surface area contributed by atoms with Crippen LogP contribution < -0.4 is 10.0 Å². The first-order chi connectivity index (χ1) is 8.97. The SMILES string of the molecule is CNCc1cn[nH]c1S(=O)(=O)NCC1(C)CCCS1. The Kier molecular flexibility index (Phi) is 4.54. The average molecular weight is 304 g/mol. The molecule has 1 aliphatic heterocycles. The molecule has 0 spiro atoms. The van der Waals surface area contributed by atoms with Gasteiger partial charge in [0, 0.05) is 23.4 Å². The van der Waals surface area contributed by atoms with E-state index < -0.39 is 10.0 Å². The quantitative estimate of drug-likeness (QED) is 0.720. The first-order valence-corrected chi connectivity index (χ1v) is 8.74. The predicted molar refractivity (Wildman–Crippen MR) is 76.6 cm³/mol. The molecule has 1 aromatic rings. The van der Waals surface area contributed by atoms with E-state index in [4.69, 9.17) is 0 Å². The Labute approximate surface area is 118 Å². The van der Waals surface area contributed by atoms with Crippen molar-refractivity contribution in [1.82, 2.24) is 20.2 Å². The van der Waals surface area contributed by atoms with Crippen LogP contribution in [0.2, 0.25) is 0 Å². The normalized spacial score (nSPS) is 23.9. The van der Waals surface area contributed by atoms with Crippen LogP contribution in [0, 0.1) is 0 Å². The summed E-state index contributed by atoms with van der Waals surface area (Å²) in [5, 5.41) is 9.48. The zero-order valence-electron chi connectivity index (χ0n) is 11.2. The van der Waals surface area contributed by atoms with Crippen molar-refractivity contribution in [2.45, 2.75) is 36.1 Å². The van der Waals surface area contributed by atoms with Crippen LogP contribution in [0.1, 0.15) is 25.3 Å². The van der Waals surface area contributed by atoms with Gasteiger partial charge in [-0.25, -0.2) is 13.1 Å². The maximum Gasteiger partial charge on any atom is 0.257 e. The Bertz CT molecular complexity index is 521. The second-order valence-corrected chi connectivity index (χ2v) is 8.37. The van der Waals surface area contributed by atoms with Gasteiger partial charge in [0.05, 0.1) is 6.20 Å². The highest BCUT2D eigenvalue weighted by molar-refractivity contribution is 8.01. The van der Waals surface area contributed by atoms with Crippen LogP contribution in [0.5, 0.6) is 0 Å². The van der Waals surface area contributed by atoms with Gasteiger partial charge in [-0.05, 0) is 32.6 Å². The van der Waals surface area contributed by atoms with E-state index in [9.17, 15) is 8.42 Å². The van der Waals surface area contributed by atoms with E-state index in [-0.39, 0.29) is 9.77 Å². The fourth-order valence-corrected chi connectivity index (χ4v) is 4.78. The lowest BCUT2D eigenvalue weighted by atomic mass is 10.1. The van der Waals surface area contributed by atoms with Crippen molar-refractivity contribution < 1.29 is 8.42 Å². The summed E-state index contributed by atoms with van der Waals surface area (Å²) in [4.78, 5) is 0. The van der Waals surface area contributed by atoms with Crippen molar-refractivity contribution >= 4 is 21.8 Å². The van der Waals surface area contributed by atoms with Crippen molar-refractivity contribution in [2.75, 3.05) is 19.3 Å². The smallest absolute Gasteiger partial charge is 0.257 e. The van der Waals surface area contributed by atoms with Crippen LogP contribution in [0.25, 0.3) is 0 Å². The maximum atomic E-state index is 12.3. The summed E-state index contributed by atoms with van der Waals surface area (Å²) in [6.45, 7) is 3.03. The number of aromatic amines is 1. The number of H-pyrrole nitrogens is 1. The molecule has 0 amide bonds. The third-order valence-electron chi connectivity index (χ3n) is 3.25. The number of thioether (sulfide) groups is 1. The van der Waals surface area contributed by atoms with Gasteiger partial charge in [-0.2, -0.15) is 16.9 Å². The Morgan fingerprint density at radius 1 is 1.58 bits per heavy atom. The molecule has 0 radical (unpaired) electrons. The van der Waals surface area contributed by atoms with E-state index in [1.54, 1.807) is 7.05 Å². The molecule has 2 rings (SSSR count). The number of hydrogen-bond acceptors (Lipinski definition) is 5. The van der Waals surface area contributed by atoms with Crippen molar-refractivity contribution in [3.05, 3.63) is 11.8 Å². The molecule has 0 bridgehead atoms. The fraction of sp³-hybridized carbons (Fsp3) is 0.727. The minimum Gasteiger partial charge on any atom is -0.316 e. The zero-order chi connectivity index (χ0) is 13.9. The largest absolute Gasteiger partial charge is 0.316 e. The first kappa shape index (κ1) is 14.8. The van der Waals surface area contributed by atoms with Gasteiger partial charge in [-0.3, -0.25) is 5.10 Å². The molecule has 1 saturated heterocycles. The van der Waals surface area contributed by atoms with E-state index >= 15 is 0 Å². The van der Waals surface area contributed by atoms with E-state index in [0.29, 0.717) is 18.7 Å². The van der Waals surface area contributed by atoms with E-state index in [1.807, 2.05) is 11.8 Å². The molecule has 1 unspecified atom stereocenters. The molecule has 3 N–H and O–H groups in total. The third kappa shape index (κ3) is 3.50. The zero-order valence-corrected chi connectivity index (χ0v) is 12.8. The van der Waals surface area contributed by atoms with Gasteiger partial charge in [-0.1, -0.05) is 0 Å². The van der Waals surface area contributed by atoms with Crippen molar-refractivity contribution in [3.63, 3.8) is 0 Å².